The fourth-order valence-electron chi connectivity index (χ4n) is 4.03. The Balaban J connectivity index is 1.78. The van der Waals surface area contributed by atoms with E-state index in [1.165, 1.54) is 7.11 Å². The highest BCUT2D eigenvalue weighted by molar-refractivity contribution is 5.95. The molecule has 1 aromatic heterocycles. The Bertz CT molecular complexity index is 1440. The maximum atomic E-state index is 13.6. The lowest BCUT2D eigenvalue weighted by molar-refractivity contribution is -0.122. The first-order valence-corrected chi connectivity index (χ1v) is 11.8. The van der Waals surface area contributed by atoms with Crippen LogP contribution in [-0.4, -0.2) is 26.2 Å². The van der Waals surface area contributed by atoms with Crippen LogP contribution >= 0.6 is 0 Å². The van der Waals surface area contributed by atoms with Crippen LogP contribution in [0, 0.1) is 0 Å². The van der Waals surface area contributed by atoms with Gasteiger partial charge in [0, 0.05) is 11.3 Å². The number of hydrogen-bond acceptors (Lipinski definition) is 6. The number of hydrogen-bond donors (Lipinski definition) is 1. The van der Waals surface area contributed by atoms with Crippen LogP contribution in [-0.2, 0) is 11.2 Å². The SMILES string of the molecule is CCc1ccccc1NC(=O)C(CC)Oc1c(-c2ccc(OC)c(OC)c2)oc2ccccc2c1=O. The van der Waals surface area contributed by atoms with Crippen LogP contribution in [0.25, 0.3) is 22.3 Å². The van der Waals surface area contributed by atoms with Crippen LogP contribution in [0.4, 0.5) is 5.69 Å². The molecule has 0 saturated carbocycles. The minimum atomic E-state index is -0.919. The van der Waals surface area contributed by atoms with Gasteiger partial charge in [0.05, 0.1) is 19.6 Å². The Labute approximate surface area is 209 Å². The van der Waals surface area contributed by atoms with Crippen molar-refractivity contribution in [1.29, 1.82) is 0 Å². The molecule has 1 atom stereocenters. The van der Waals surface area contributed by atoms with Crippen molar-refractivity contribution < 1.29 is 23.4 Å². The minimum Gasteiger partial charge on any atom is -0.493 e. The average Bonchev–Trinajstić information content (AvgIpc) is 2.92. The van der Waals surface area contributed by atoms with Crippen molar-refractivity contribution in [2.75, 3.05) is 19.5 Å². The monoisotopic (exact) mass is 487 g/mol. The van der Waals surface area contributed by atoms with Crippen molar-refractivity contribution in [1.82, 2.24) is 0 Å². The summed E-state index contributed by atoms with van der Waals surface area (Å²) in [5, 5.41) is 3.31. The van der Waals surface area contributed by atoms with E-state index in [1.54, 1.807) is 49.6 Å². The Morgan fingerprint density at radius 1 is 0.944 bits per heavy atom. The highest BCUT2D eigenvalue weighted by Crippen LogP contribution is 2.37. The van der Waals surface area contributed by atoms with E-state index in [9.17, 15) is 9.59 Å². The van der Waals surface area contributed by atoms with Gasteiger partial charge in [0.25, 0.3) is 5.91 Å². The van der Waals surface area contributed by atoms with Gasteiger partial charge in [-0.15, -0.1) is 0 Å². The number of rotatable bonds is 9. The van der Waals surface area contributed by atoms with E-state index < -0.39 is 6.10 Å². The molecule has 1 heterocycles. The molecule has 0 radical (unpaired) electrons. The number of anilines is 1. The van der Waals surface area contributed by atoms with Crippen molar-refractivity contribution >= 4 is 22.6 Å². The van der Waals surface area contributed by atoms with Crippen LogP contribution in [0.15, 0.2) is 75.9 Å². The van der Waals surface area contributed by atoms with Crippen molar-refractivity contribution in [3.05, 3.63) is 82.5 Å². The first-order valence-electron chi connectivity index (χ1n) is 11.8. The van der Waals surface area contributed by atoms with Crippen LogP contribution in [0.1, 0.15) is 25.8 Å². The number of carbonyl (C=O) groups is 1. The third-order valence-electron chi connectivity index (χ3n) is 5.98. The standard InChI is InChI=1S/C29H29NO6/c1-5-18-11-7-9-13-21(18)30-29(32)22(6-2)35-28-26(31)20-12-8-10-14-23(20)36-27(28)19-15-16-24(33-3)25(17-19)34-4/h7-17,22H,5-6H2,1-4H3,(H,30,32). The van der Waals surface area contributed by atoms with Gasteiger partial charge in [-0.1, -0.05) is 44.2 Å². The molecular weight excluding hydrogens is 458 g/mol. The van der Waals surface area contributed by atoms with E-state index >= 15 is 0 Å². The summed E-state index contributed by atoms with van der Waals surface area (Å²) in [7, 11) is 3.07. The molecule has 4 aromatic rings. The molecule has 3 aromatic carbocycles. The van der Waals surface area contributed by atoms with Gasteiger partial charge in [0.1, 0.15) is 5.58 Å². The molecule has 0 aliphatic rings. The number of nitrogens with one attached hydrogen (secondary N) is 1. The second-order valence-corrected chi connectivity index (χ2v) is 8.17. The molecule has 1 amide bonds. The lowest BCUT2D eigenvalue weighted by Crippen LogP contribution is -2.34. The summed E-state index contributed by atoms with van der Waals surface area (Å²) in [6, 6.07) is 19.7. The number of carbonyl (C=O) groups excluding carboxylic acids is 1. The zero-order valence-corrected chi connectivity index (χ0v) is 20.8. The third kappa shape index (κ3) is 4.91. The molecule has 0 aliphatic carbocycles. The normalized spacial score (nSPS) is 11.7. The summed E-state index contributed by atoms with van der Waals surface area (Å²) in [6.07, 6.45) is 0.196. The summed E-state index contributed by atoms with van der Waals surface area (Å²) < 4.78 is 23.1. The van der Waals surface area contributed by atoms with Crippen LogP contribution in [0.3, 0.4) is 0 Å². The highest BCUT2D eigenvalue weighted by atomic mass is 16.5. The van der Waals surface area contributed by atoms with Gasteiger partial charge in [-0.05, 0) is 54.8 Å². The molecule has 4 rings (SSSR count). The van der Waals surface area contributed by atoms with Crippen molar-refractivity contribution in [3.8, 4) is 28.6 Å². The molecule has 1 unspecified atom stereocenters. The number of aryl methyl sites for hydroxylation is 1. The van der Waals surface area contributed by atoms with Gasteiger partial charge in [0.2, 0.25) is 11.2 Å². The fraction of sp³-hybridized carbons (Fsp3) is 0.241. The Morgan fingerprint density at radius 2 is 1.67 bits per heavy atom. The second-order valence-electron chi connectivity index (χ2n) is 8.17. The van der Waals surface area contributed by atoms with Crippen LogP contribution in [0.5, 0.6) is 17.2 Å². The van der Waals surface area contributed by atoms with Crippen molar-refractivity contribution in [3.63, 3.8) is 0 Å². The lowest BCUT2D eigenvalue weighted by atomic mass is 10.1. The van der Waals surface area contributed by atoms with Gasteiger partial charge in [-0.2, -0.15) is 0 Å². The van der Waals surface area contributed by atoms with Gasteiger partial charge >= 0.3 is 0 Å². The smallest absolute Gasteiger partial charge is 0.265 e. The van der Waals surface area contributed by atoms with Gasteiger partial charge in [-0.3, -0.25) is 9.59 Å². The largest absolute Gasteiger partial charge is 0.493 e. The summed E-state index contributed by atoms with van der Waals surface area (Å²) in [4.78, 5) is 26.8. The van der Waals surface area contributed by atoms with Crippen LogP contribution in [0.2, 0.25) is 0 Å². The van der Waals surface area contributed by atoms with Crippen molar-refractivity contribution in [2.45, 2.75) is 32.8 Å². The molecule has 0 fully saturated rings. The minimum absolute atomic E-state index is 0.0355. The second kappa shape index (κ2) is 11.0. The molecule has 7 heteroatoms. The van der Waals surface area contributed by atoms with Gasteiger partial charge in [-0.25, -0.2) is 0 Å². The molecular formula is C29H29NO6. The topological polar surface area (TPSA) is 87.0 Å². The lowest BCUT2D eigenvalue weighted by Gasteiger charge is -2.20. The molecule has 7 nitrogen and oxygen atoms in total. The van der Waals surface area contributed by atoms with E-state index in [4.69, 9.17) is 18.6 Å². The number of methoxy groups -OCH3 is 2. The first kappa shape index (κ1) is 24.9. The maximum Gasteiger partial charge on any atom is 0.265 e. The maximum absolute atomic E-state index is 13.6. The van der Waals surface area contributed by atoms with E-state index in [1.807, 2.05) is 38.1 Å². The Kier molecular flexibility index (Phi) is 7.59. The number of benzene rings is 3. The Hall–Kier alpha value is -4.26. The fourth-order valence-corrected chi connectivity index (χ4v) is 4.03. The predicted octanol–water partition coefficient (Wildman–Crippen LogP) is 5.84. The average molecular weight is 488 g/mol. The number of ether oxygens (including phenoxy) is 3. The van der Waals surface area contributed by atoms with Gasteiger partial charge in [0.15, 0.2) is 23.4 Å². The highest BCUT2D eigenvalue weighted by Gasteiger charge is 2.26. The predicted molar refractivity (Wildman–Crippen MR) is 140 cm³/mol. The molecule has 0 aliphatic heterocycles. The molecule has 0 bridgehead atoms. The van der Waals surface area contributed by atoms with Crippen molar-refractivity contribution in [2.24, 2.45) is 0 Å². The summed E-state index contributed by atoms with van der Waals surface area (Å²) in [5.41, 5.74) is 2.34. The van der Waals surface area contributed by atoms with E-state index in [0.717, 1.165) is 17.7 Å². The summed E-state index contributed by atoms with van der Waals surface area (Å²) >= 11 is 0. The zero-order valence-electron chi connectivity index (χ0n) is 20.8. The molecule has 1 N–H and O–H groups in total. The van der Waals surface area contributed by atoms with E-state index in [2.05, 4.69) is 5.32 Å². The quantitative estimate of drug-likeness (QED) is 0.319. The summed E-state index contributed by atoms with van der Waals surface area (Å²) in [6.45, 7) is 3.85. The molecule has 0 spiro atoms. The van der Waals surface area contributed by atoms with E-state index in [-0.39, 0.29) is 22.8 Å². The molecule has 0 saturated heterocycles. The third-order valence-corrected chi connectivity index (χ3v) is 5.98. The van der Waals surface area contributed by atoms with Crippen LogP contribution < -0.4 is 25.0 Å². The number of para-hydroxylation sites is 2. The molecule has 36 heavy (non-hydrogen) atoms. The number of fused-ring (bicyclic) bond motifs is 1. The molecule has 186 valence electrons. The van der Waals surface area contributed by atoms with Gasteiger partial charge < -0.3 is 23.9 Å². The first-order chi connectivity index (χ1) is 17.5. The zero-order chi connectivity index (χ0) is 25.7. The van der Waals surface area contributed by atoms with E-state index in [0.29, 0.717) is 34.5 Å². The summed E-state index contributed by atoms with van der Waals surface area (Å²) in [5.74, 6) is 0.834. The Morgan fingerprint density at radius 3 is 2.39 bits per heavy atom. The number of amides is 1.